The summed E-state index contributed by atoms with van der Waals surface area (Å²) in [6.07, 6.45) is 3.29. The first-order chi connectivity index (χ1) is 6.70. The van der Waals surface area contributed by atoms with Crippen LogP contribution >= 0.6 is 0 Å². The Kier molecular flexibility index (Phi) is 2.33. The minimum Gasteiger partial charge on any atom is -0.393 e. The number of rotatable bonds is 3. The van der Waals surface area contributed by atoms with Crippen LogP contribution < -0.4 is 5.73 Å². The van der Waals surface area contributed by atoms with E-state index in [-0.39, 0.29) is 11.5 Å². The third-order valence-electron chi connectivity index (χ3n) is 3.15. The van der Waals surface area contributed by atoms with E-state index in [1.165, 1.54) is 0 Å². The molecule has 14 heavy (non-hydrogen) atoms. The van der Waals surface area contributed by atoms with Crippen molar-refractivity contribution in [3.8, 4) is 0 Å². The highest BCUT2D eigenvalue weighted by Gasteiger charge is 2.45. The predicted octanol–water partition coefficient (Wildman–Crippen LogP) is 0.254. The second-order valence-electron chi connectivity index (χ2n) is 4.10. The number of nitrogens with zero attached hydrogens (tertiary/aromatic N) is 2. The molecule has 0 atom stereocenters. The number of aliphatic hydroxyl groups excluding tert-OH is 1. The van der Waals surface area contributed by atoms with Crippen molar-refractivity contribution in [3.05, 3.63) is 18.0 Å². The van der Waals surface area contributed by atoms with Crippen LogP contribution in [0.1, 0.15) is 25.5 Å². The monoisotopic (exact) mass is 195 g/mol. The molecule has 0 unspecified atom stereocenters. The Bertz CT molecular complexity index is 315. The summed E-state index contributed by atoms with van der Waals surface area (Å²) in [5.41, 5.74) is 6.73. The Morgan fingerprint density at radius 2 is 2.43 bits per heavy atom. The molecular formula is C10H17N3O. The fourth-order valence-corrected chi connectivity index (χ4v) is 2.14. The number of hydrogen-bond donors (Lipinski definition) is 2. The Morgan fingerprint density at radius 3 is 2.86 bits per heavy atom. The largest absolute Gasteiger partial charge is 0.393 e. The molecule has 0 bridgehead atoms. The van der Waals surface area contributed by atoms with Gasteiger partial charge in [-0.2, -0.15) is 5.10 Å². The summed E-state index contributed by atoms with van der Waals surface area (Å²) >= 11 is 0. The summed E-state index contributed by atoms with van der Waals surface area (Å²) in [5, 5.41) is 13.8. The Morgan fingerprint density at radius 1 is 1.71 bits per heavy atom. The lowest BCUT2D eigenvalue weighted by atomic mass is 9.65. The summed E-state index contributed by atoms with van der Waals surface area (Å²) in [5.74, 6) is 0. The number of aliphatic hydroxyl groups is 1. The summed E-state index contributed by atoms with van der Waals surface area (Å²) in [6.45, 7) is 3.51. The van der Waals surface area contributed by atoms with Gasteiger partial charge in [0.25, 0.3) is 0 Å². The van der Waals surface area contributed by atoms with Crippen LogP contribution in [0.15, 0.2) is 12.3 Å². The van der Waals surface area contributed by atoms with Crippen molar-refractivity contribution in [2.45, 2.75) is 37.8 Å². The van der Waals surface area contributed by atoms with E-state index in [2.05, 4.69) is 12.0 Å². The maximum absolute atomic E-state index is 9.35. The fourth-order valence-electron chi connectivity index (χ4n) is 2.14. The van der Waals surface area contributed by atoms with Crippen molar-refractivity contribution in [2.75, 3.05) is 6.54 Å². The normalized spacial score (nSPS) is 31.5. The number of aryl methyl sites for hydroxylation is 1. The summed E-state index contributed by atoms with van der Waals surface area (Å²) in [6, 6.07) is 2.02. The zero-order chi connectivity index (χ0) is 10.2. The van der Waals surface area contributed by atoms with E-state index < -0.39 is 0 Å². The molecule has 78 valence electrons. The highest BCUT2D eigenvalue weighted by atomic mass is 16.3. The molecule has 1 aliphatic carbocycles. The van der Waals surface area contributed by atoms with Gasteiger partial charge in [-0.25, -0.2) is 0 Å². The molecule has 0 aromatic carbocycles. The summed E-state index contributed by atoms with van der Waals surface area (Å²) in [4.78, 5) is 0. The van der Waals surface area contributed by atoms with E-state index in [0.717, 1.165) is 25.1 Å². The smallest absolute Gasteiger partial charge is 0.0700 e. The molecule has 4 nitrogen and oxygen atoms in total. The van der Waals surface area contributed by atoms with Crippen LogP contribution in [0.4, 0.5) is 0 Å². The van der Waals surface area contributed by atoms with Crippen molar-refractivity contribution in [1.29, 1.82) is 0 Å². The average Bonchev–Trinajstić information content (AvgIpc) is 2.61. The van der Waals surface area contributed by atoms with E-state index in [1.807, 2.05) is 16.9 Å². The molecule has 0 spiro atoms. The molecule has 0 aliphatic heterocycles. The van der Waals surface area contributed by atoms with Crippen LogP contribution in [0.5, 0.6) is 0 Å². The van der Waals surface area contributed by atoms with Gasteiger partial charge in [0, 0.05) is 24.7 Å². The van der Waals surface area contributed by atoms with Gasteiger partial charge in [0.15, 0.2) is 0 Å². The first kappa shape index (κ1) is 9.68. The molecule has 1 heterocycles. The quantitative estimate of drug-likeness (QED) is 0.727. The predicted molar refractivity (Wildman–Crippen MR) is 53.9 cm³/mol. The average molecular weight is 195 g/mol. The van der Waals surface area contributed by atoms with Crippen LogP contribution in [0.3, 0.4) is 0 Å². The summed E-state index contributed by atoms with van der Waals surface area (Å²) < 4.78 is 1.90. The van der Waals surface area contributed by atoms with Crippen LogP contribution in [0, 0.1) is 0 Å². The molecule has 1 saturated carbocycles. The van der Waals surface area contributed by atoms with Gasteiger partial charge in [-0.1, -0.05) is 0 Å². The zero-order valence-corrected chi connectivity index (χ0v) is 8.48. The number of hydrogen-bond acceptors (Lipinski definition) is 3. The highest BCUT2D eigenvalue weighted by molar-refractivity contribution is 5.22. The van der Waals surface area contributed by atoms with E-state index >= 15 is 0 Å². The van der Waals surface area contributed by atoms with Gasteiger partial charge in [-0.05, 0) is 25.8 Å². The van der Waals surface area contributed by atoms with E-state index in [1.54, 1.807) is 0 Å². The molecule has 3 N–H and O–H groups in total. The molecule has 1 aromatic heterocycles. The summed E-state index contributed by atoms with van der Waals surface area (Å²) in [7, 11) is 0. The SMILES string of the molecule is CCn1ccc(C2(CN)CC(O)C2)n1. The van der Waals surface area contributed by atoms with Gasteiger partial charge < -0.3 is 10.8 Å². The zero-order valence-electron chi connectivity index (χ0n) is 8.48. The van der Waals surface area contributed by atoms with E-state index in [4.69, 9.17) is 5.73 Å². The maximum atomic E-state index is 9.35. The molecule has 0 saturated heterocycles. The Hall–Kier alpha value is -0.870. The van der Waals surface area contributed by atoms with Crippen molar-refractivity contribution >= 4 is 0 Å². The standard InChI is InChI=1S/C10H17N3O/c1-2-13-4-3-9(12-13)10(7-11)5-8(14)6-10/h3-4,8,14H,2,5-7,11H2,1H3. The molecule has 4 heteroatoms. The first-order valence-electron chi connectivity index (χ1n) is 5.12. The maximum Gasteiger partial charge on any atom is 0.0700 e. The molecule has 1 aliphatic rings. The van der Waals surface area contributed by atoms with Gasteiger partial charge in [-0.15, -0.1) is 0 Å². The molecule has 0 amide bonds. The lowest BCUT2D eigenvalue weighted by molar-refractivity contribution is 0.0198. The lowest BCUT2D eigenvalue weighted by Gasteiger charge is -2.43. The van der Waals surface area contributed by atoms with Crippen molar-refractivity contribution in [3.63, 3.8) is 0 Å². The third kappa shape index (κ3) is 1.35. The van der Waals surface area contributed by atoms with E-state index in [0.29, 0.717) is 6.54 Å². The second-order valence-corrected chi connectivity index (χ2v) is 4.10. The van der Waals surface area contributed by atoms with Gasteiger partial charge in [0.2, 0.25) is 0 Å². The first-order valence-corrected chi connectivity index (χ1v) is 5.12. The Balaban J connectivity index is 2.20. The van der Waals surface area contributed by atoms with Crippen LogP contribution in [0.2, 0.25) is 0 Å². The molecule has 1 aromatic rings. The van der Waals surface area contributed by atoms with Crippen molar-refractivity contribution in [2.24, 2.45) is 5.73 Å². The number of nitrogens with two attached hydrogens (primary N) is 1. The number of aromatic nitrogens is 2. The molecule has 1 fully saturated rings. The second kappa shape index (κ2) is 3.37. The topological polar surface area (TPSA) is 64.1 Å². The Labute approximate surface area is 83.7 Å². The van der Waals surface area contributed by atoms with Crippen LogP contribution in [0.25, 0.3) is 0 Å². The molecule has 2 rings (SSSR count). The van der Waals surface area contributed by atoms with Gasteiger partial charge in [-0.3, -0.25) is 4.68 Å². The van der Waals surface area contributed by atoms with Gasteiger partial charge in [0.05, 0.1) is 11.8 Å². The third-order valence-corrected chi connectivity index (χ3v) is 3.15. The van der Waals surface area contributed by atoms with Gasteiger partial charge in [0.1, 0.15) is 0 Å². The van der Waals surface area contributed by atoms with Crippen LogP contribution in [-0.2, 0) is 12.0 Å². The highest BCUT2D eigenvalue weighted by Crippen LogP contribution is 2.42. The lowest BCUT2D eigenvalue weighted by Crippen LogP contribution is -2.50. The molecule has 0 radical (unpaired) electrons. The fraction of sp³-hybridized carbons (Fsp3) is 0.700. The van der Waals surface area contributed by atoms with Gasteiger partial charge >= 0.3 is 0 Å². The van der Waals surface area contributed by atoms with Crippen LogP contribution in [-0.4, -0.2) is 27.5 Å². The molecular weight excluding hydrogens is 178 g/mol. The van der Waals surface area contributed by atoms with E-state index in [9.17, 15) is 5.11 Å². The minimum absolute atomic E-state index is 0.0557. The van der Waals surface area contributed by atoms with Crippen molar-refractivity contribution in [1.82, 2.24) is 9.78 Å². The van der Waals surface area contributed by atoms with Crippen molar-refractivity contribution < 1.29 is 5.11 Å². The minimum atomic E-state index is -0.190.